The van der Waals surface area contributed by atoms with Crippen LogP contribution in [0.25, 0.3) is 0 Å². The maximum atomic E-state index is 10.7. The molecule has 4 nitrogen and oxygen atoms in total. The van der Waals surface area contributed by atoms with E-state index in [1.54, 1.807) is 24.3 Å². The van der Waals surface area contributed by atoms with Crippen molar-refractivity contribution in [3.63, 3.8) is 0 Å². The van der Waals surface area contributed by atoms with Crippen LogP contribution in [0.5, 0.6) is 5.75 Å². The van der Waals surface area contributed by atoms with Crippen molar-refractivity contribution in [2.75, 3.05) is 0 Å². The van der Waals surface area contributed by atoms with Gasteiger partial charge in [-0.05, 0) is 23.3 Å². The van der Waals surface area contributed by atoms with E-state index in [2.05, 4.69) is 0 Å². The minimum Gasteiger partial charge on any atom is -0.489 e. The highest BCUT2D eigenvalue weighted by molar-refractivity contribution is 5.75. The third-order valence-electron chi connectivity index (χ3n) is 2.75. The molecule has 2 aromatic rings. The summed E-state index contributed by atoms with van der Waals surface area (Å²) in [6.45, 7) is 0.477. The number of carboxylic acid groups (broad SMARTS) is 1. The van der Waals surface area contributed by atoms with Gasteiger partial charge in [0.2, 0.25) is 0 Å². The second kappa shape index (κ2) is 6.02. The average Bonchev–Trinajstić information content (AvgIpc) is 2.46. The van der Waals surface area contributed by atoms with Gasteiger partial charge in [0.1, 0.15) is 18.4 Å². The Morgan fingerprint density at radius 3 is 2.32 bits per heavy atom. The van der Waals surface area contributed by atoms with Gasteiger partial charge >= 0.3 is 5.97 Å². The number of rotatable bonds is 5. The van der Waals surface area contributed by atoms with Gasteiger partial charge in [-0.25, -0.2) is 0 Å². The van der Waals surface area contributed by atoms with Crippen molar-refractivity contribution < 1.29 is 14.6 Å². The molecule has 2 rings (SSSR count). The first kappa shape index (κ1) is 13.1. The van der Waals surface area contributed by atoms with Crippen LogP contribution >= 0.6 is 0 Å². The van der Waals surface area contributed by atoms with Crippen LogP contribution in [0.4, 0.5) is 0 Å². The summed E-state index contributed by atoms with van der Waals surface area (Å²) in [7, 11) is 0. The third-order valence-corrected chi connectivity index (χ3v) is 2.75. The molecule has 0 fully saturated rings. The fraction of sp³-hybridized carbons (Fsp3) is 0.133. The zero-order valence-corrected chi connectivity index (χ0v) is 10.3. The molecular weight excluding hydrogens is 242 g/mol. The van der Waals surface area contributed by atoms with Crippen molar-refractivity contribution in [2.24, 2.45) is 5.73 Å². The van der Waals surface area contributed by atoms with Gasteiger partial charge < -0.3 is 15.6 Å². The van der Waals surface area contributed by atoms with Crippen molar-refractivity contribution in [2.45, 2.75) is 12.6 Å². The summed E-state index contributed by atoms with van der Waals surface area (Å²) in [5.74, 6) is -0.358. The molecule has 0 aliphatic carbocycles. The summed E-state index contributed by atoms with van der Waals surface area (Å²) in [5, 5.41) is 8.80. The molecule has 0 radical (unpaired) electrons. The van der Waals surface area contributed by atoms with Crippen molar-refractivity contribution in [1.29, 1.82) is 0 Å². The number of benzene rings is 2. The van der Waals surface area contributed by atoms with E-state index < -0.39 is 12.0 Å². The number of carbonyl (C=O) groups is 1. The Morgan fingerprint density at radius 2 is 1.74 bits per heavy atom. The molecule has 19 heavy (non-hydrogen) atoms. The first-order valence-electron chi connectivity index (χ1n) is 5.92. The minimum absolute atomic E-state index is 0.477. The number of hydrogen-bond acceptors (Lipinski definition) is 3. The normalized spacial score (nSPS) is 11.8. The lowest BCUT2D eigenvalue weighted by atomic mass is 10.1. The van der Waals surface area contributed by atoms with Crippen LogP contribution in [0, 0.1) is 0 Å². The molecule has 3 N–H and O–H groups in total. The molecule has 4 heteroatoms. The zero-order chi connectivity index (χ0) is 13.7. The molecule has 0 aliphatic rings. The predicted octanol–water partition coefficient (Wildman–Crippen LogP) is 2.35. The second-order valence-electron chi connectivity index (χ2n) is 4.16. The lowest BCUT2D eigenvalue weighted by molar-refractivity contribution is -0.138. The van der Waals surface area contributed by atoms with Gasteiger partial charge in [-0.2, -0.15) is 0 Å². The van der Waals surface area contributed by atoms with Gasteiger partial charge in [0.15, 0.2) is 0 Å². The summed E-state index contributed by atoms with van der Waals surface area (Å²) in [5.41, 5.74) is 7.15. The summed E-state index contributed by atoms with van der Waals surface area (Å²) < 4.78 is 5.60. The highest BCUT2D eigenvalue weighted by atomic mass is 16.5. The van der Waals surface area contributed by atoms with Crippen LogP contribution < -0.4 is 10.5 Å². The van der Waals surface area contributed by atoms with Crippen molar-refractivity contribution in [3.8, 4) is 5.75 Å². The summed E-state index contributed by atoms with van der Waals surface area (Å²) in [6.07, 6.45) is 0. The quantitative estimate of drug-likeness (QED) is 0.862. The van der Waals surface area contributed by atoms with Crippen LogP contribution in [0.2, 0.25) is 0 Å². The summed E-state index contributed by atoms with van der Waals surface area (Å²) >= 11 is 0. The Labute approximate surface area is 111 Å². The van der Waals surface area contributed by atoms with Crippen LogP contribution in [-0.2, 0) is 11.4 Å². The van der Waals surface area contributed by atoms with Gasteiger partial charge in [-0.15, -0.1) is 0 Å². The molecule has 0 aromatic heterocycles. The van der Waals surface area contributed by atoms with E-state index in [4.69, 9.17) is 15.6 Å². The number of ether oxygens (including phenoxy) is 1. The number of carboxylic acids is 1. The summed E-state index contributed by atoms with van der Waals surface area (Å²) in [4.78, 5) is 10.7. The maximum Gasteiger partial charge on any atom is 0.325 e. The molecular formula is C15H15NO3. The highest BCUT2D eigenvalue weighted by Crippen LogP contribution is 2.17. The standard InChI is InChI=1S/C15H15NO3/c16-14(15(17)18)12-6-8-13(9-7-12)19-10-11-4-2-1-3-5-11/h1-9,14H,10,16H2,(H,17,18). The van der Waals surface area contributed by atoms with Gasteiger partial charge in [0.05, 0.1) is 0 Å². The smallest absolute Gasteiger partial charge is 0.325 e. The Hall–Kier alpha value is -2.33. The second-order valence-corrected chi connectivity index (χ2v) is 4.16. The van der Waals surface area contributed by atoms with E-state index in [9.17, 15) is 4.79 Å². The van der Waals surface area contributed by atoms with Crippen LogP contribution in [-0.4, -0.2) is 11.1 Å². The van der Waals surface area contributed by atoms with E-state index in [0.717, 1.165) is 5.56 Å². The van der Waals surface area contributed by atoms with Crippen LogP contribution in [0.3, 0.4) is 0 Å². The van der Waals surface area contributed by atoms with E-state index >= 15 is 0 Å². The van der Waals surface area contributed by atoms with E-state index in [1.165, 1.54) is 0 Å². The number of nitrogens with two attached hydrogens (primary N) is 1. The maximum absolute atomic E-state index is 10.7. The molecule has 0 spiro atoms. The lowest BCUT2D eigenvalue weighted by Gasteiger charge is -2.09. The molecule has 0 heterocycles. The summed E-state index contributed by atoms with van der Waals surface area (Å²) in [6, 6.07) is 15.6. The number of hydrogen-bond donors (Lipinski definition) is 2. The molecule has 0 saturated carbocycles. The highest BCUT2D eigenvalue weighted by Gasteiger charge is 2.13. The molecule has 0 aliphatic heterocycles. The molecule has 0 saturated heterocycles. The Kier molecular flexibility index (Phi) is 4.15. The van der Waals surface area contributed by atoms with Gasteiger partial charge in [0.25, 0.3) is 0 Å². The monoisotopic (exact) mass is 257 g/mol. The first-order valence-corrected chi connectivity index (χ1v) is 5.92. The van der Waals surface area contributed by atoms with Crippen molar-refractivity contribution in [3.05, 3.63) is 65.7 Å². The lowest BCUT2D eigenvalue weighted by Crippen LogP contribution is -2.20. The minimum atomic E-state index is -1.04. The fourth-order valence-electron chi connectivity index (χ4n) is 1.65. The van der Waals surface area contributed by atoms with E-state index in [-0.39, 0.29) is 0 Å². The fourth-order valence-corrected chi connectivity index (χ4v) is 1.65. The third kappa shape index (κ3) is 3.56. The Balaban J connectivity index is 1.97. The Morgan fingerprint density at radius 1 is 1.11 bits per heavy atom. The molecule has 0 amide bonds. The molecule has 98 valence electrons. The molecule has 1 unspecified atom stereocenters. The van der Waals surface area contributed by atoms with Gasteiger partial charge in [-0.1, -0.05) is 42.5 Å². The molecule has 0 bridgehead atoms. The Bertz CT molecular complexity index is 537. The van der Waals surface area contributed by atoms with Crippen LogP contribution in [0.1, 0.15) is 17.2 Å². The zero-order valence-electron chi connectivity index (χ0n) is 10.3. The van der Waals surface area contributed by atoms with Crippen molar-refractivity contribution in [1.82, 2.24) is 0 Å². The first-order chi connectivity index (χ1) is 9.16. The van der Waals surface area contributed by atoms with Crippen LogP contribution in [0.15, 0.2) is 54.6 Å². The largest absolute Gasteiger partial charge is 0.489 e. The van der Waals surface area contributed by atoms with Crippen molar-refractivity contribution >= 4 is 5.97 Å². The molecule has 2 aromatic carbocycles. The number of aliphatic carboxylic acids is 1. The van der Waals surface area contributed by atoms with E-state index in [1.807, 2.05) is 30.3 Å². The average molecular weight is 257 g/mol. The van der Waals surface area contributed by atoms with Gasteiger partial charge in [0, 0.05) is 0 Å². The molecule has 1 atom stereocenters. The van der Waals surface area contributed by atoms with Gasteiger partial charge in [-0.3, -0.25) is 4.79 Å². The van der Waals surface area contributed by atoms with E-state index in [0.29, 0.717) is 17.9 Å². The predicted molar refractivity (Wildman–Crippen MR) is 71.8 cm³/mol. The topological polar surface area (TPSA) is 72.6 Å². The SMILES string of the molecule is NC(C(=O)O)c1ccc(OCc2ccccc2)cc1.